The van der Waals surface area contributed by atoms with Crippen molar-refractivity contribution >= 4 is 22.5 Å². The number of hydrogen-bond donors (Lipinski definition) is 2. The van der Waals surface area contributed by atoms with Crippen molar-refractivity contribution < 1.29 is 5.11 Å². The Hall–Kier alpha value is -1.19. The van der Waals surface area contributed by atoms with E-state index in [2.05, 4.69) is 9.88 Å². The van der Waals surface area contributed by atoms with E-state index in [1.807, 2.05) is 20.2 Å². The second kappa shape index (κ2) is 4.36. The molecule has 1 aromatic heterocycles. The first-order valence-corrected chi connectivity index (χ1v) is 5.60. The summed E-state index contributed by atoms with van der Waals surface area (Å²) in [5, 5.41) is 11.3. The van der Waals surface area contributed by atoms with Crippen molar-refractivity contribution in [2.24, 2.45) is 0 Å². The van der Waals surface area contributed by atoms with Crippen LogP contribution in [-0.2, 0) is 6.42 Å². The summed E-state index contributed by atoms with van der Waals surface area (Å²) in [6, 6.07) is 5.41. The number of aromatic hydroxyl groups is 1. The summed E-state index contributed by atoms with van der Waals surface area (Å²) in [6.45, 7) is 0.904. The van der Waals surface area contributed by atoms with Gasteiger partial charge in [-0.2, -0.15) is 0 Å². The molecule has 0 aliphatic rings. The Morgan fingerprint density at radius 3 is 2.81 bits per heavy atom. The fraction of sp³-hybridized carbons (Fsp3) is 0.333. The lowest BCUT2D eigenvalue weighted by Gasteiger charge is -2.09. The van der Waals surface area contributed by atoms with Crippen molar-refractivity contribution in [3.63, 3.8) is 0 Å². The van der Waals surface area contributed by atoms with Crippen LogP contribution in [0.15, 0.2) is 18.2 Å². The van der Waals surface area contributed by atoms with Gasteiger partial charge in [0.2, 0.25) is 0 Å². The minimum atomic E-state index is 0.286. The van der Waals surface area contributed by atoms with E-state index < -0.39 is 0 Å². The van der Waals surface area contributed by atoms with Gasteiger partial charge < -0.3 is 15.0 Å². The number of nitrogens with zero attached hydrogens (tertiary/aromatic N) is 1. The Morgan fingerprint density at radius 2 is 2.12 bits per heavy atom. The number of fused-ring (bicyclic) bond motifs is 1. The molecular formula is C12H15ClN2O. The minimum Gasteiger partial charge on any atom is -0.507 e. The molecular weight excluding hydrogens is 224 g/mol. The van der Waals surface area contributed by atoms with E-state index in [1.165, 1.54) is 0 Å². The molecule has 0 bridgehead atoms. The monoisotopic (exact) mass is 238 g/mol. The maximum Gasteiger partial charge on any atom is 0.125 e. The molecule has 16 heavy (non-hydrogen) atoms. The molecule has 0 saturated heterocycles. The number of benzene rings is 1. The van der Waals surface area contributed by atoms with Crippen LogP contribution in [0.5, 0.6) is 5.75 Å². The largest absolute Gasteiger partial charge is 0.507 e. The summed E-state index contributed by atoms with van der Waals surface area (Å²) < 4.78 is 0. The Balaban J connectivity index is 2.46. The number of phenols is 1. The summed E-state index contributed by atoms with van der Waals surface area (Å²) in [5.74, 6) is 0.286. The highest BCUT2D eigenvalue weighted by Crippen LogP contribution is 2.32. The quantitative estimate of drug-likeness (QED) is 0.863. The third-order valence-corrected chi connectivity index (χ3v) is 2.99. The molecule has 4 heteroatoms. The summed E-state index contributed by atoms with van der Waals surface area (Å²) in [7, 11) is 4.03. The third kappa shape index (κ3) is 2.01. The number of nitrogens with one attached hydrogen (secondary N) is 1. The fourth-order valence-corrected chi connectivity index (χ4v) is 2.13. The zero-order valence-corrected chi connectivity index (χ0v) is 10.2. The maximum absolute atomic E-state index is 9.84. The lowest BCUT2D eigenvalue weighted by atomic mass is 10.1. The standard InChI is InChI=1S/C12H15ClN2O/c1-15(2)7-6-8-11-9(14-12(8)13)4-3-5-10(11)16/h3-5,14,16H,6-7H2,1-2H3. The van der Waals surface area contributed by atoms with Gasteiger partial charge in [-0.1, -0.05) is 17.7 Å². The van der Waals surface area contributed by atoms with Crippen LogP contribution < -0.4 is 0 Å². The molecule has 2 rings (SSSR count). The van der Waals surface area contributed by atoms with Crippen LogP contribution in [0.2, 0.25) is 5.15 Å². The predicted octanol–water partition coefficient (Wildman–Crippen LogP) is 2.63. The van der Waals surface area contributed by atoms with Crippen LogP contribution in [0.4, 0.5) is 0 Å². The molecule has 0 aliphatic carbocycles. The molecule has 2 aromatic rings. The van der Waals surface area contributed by atoms with E-state index in [0.29, 0.717) is 5.15 Å². The first-order chi connectivity index (χ1) is 7.59. The van der Waals surface area contributed by atoms with Gasteiger partial charge in [-0.05, 0) is 32.6 Å². The van der Waals surface area contributed by atoms with Crippen LogP contribution >= 0.6 is 11.6 Å². The van der Waals surface area contributed by atoms with Crippen molar-refractivity contribution in [2.45, 2.75) is 6.42 Å². The molecule has 0 unspecified atom stereocenters. The van der Waals surface area contributed by atoms with Gasteiger partial charge in [-0.15, -0.1) is 0 Å². The molecule has 0 atom stereocenters. The predicted molar refractivity (Wildman–Crippen MR) is 67.2 cm³/mol. The van der Waals surface area contributed by atoms with Crippen molar-refractivity contribution in [3.8, 4) is 5.75 Å². The highest BCUT2D eigenvalue weighted by Gasteiger charge is 2.12. The van der Waals surface area contributed by atoms with Gasteiger partial charge in [0.1, 0.15) is 10.9 Å². The molecule has 1 aromatic carbocycles. The van der Waals surface area contributed by atoms with E-state index in [4.69, 9.17) is 11.6 Å². The average molecular weight is 239 g/mol. The number of aromatic amines is 1. The molecule has 1 heterocycles. The maximum atomic E-state index is 9.84. The zero-order valence-electron chi connectivity index (χ0n) is 9.42. The Morgan fingerprint density at radius 1 is 1.38 bits per heavy atom. The average Bonchev–Trinajstić information content (AvgIpc) is 2.52. The molecule has 0 fully saturated rings. The van der Waals surface area contributed by atoms with Gasteiger partial charge in [0, 0.05) is 17.5 Å². The first kappa shape index (κ1) is 11.3. The van der Waals surface area contributed by atoms with Gasteiger partial charge in [0.25, 0.3) is 0 Å². The number of phenolic OH excluding ortho intramolecular Hbond substituents is 1. The first-order valence-electron chi connectivity index (χ1n) is 5.22. The number of halogens is 1. The Bertz CT molecular complexity index is 505. The van der Waals surface area contributed by atoms with Gasteiger partial charge in [0.05, 0.1) is 5.52 Å². The SMILES string of the molecule is CN(C)CCc1c(Cl)[nH]c2cccc(O)c12. The molecule has 0 radical (unpaired) electrons. The van der Waals surface area contributed by atoms with Gasteiger partial charge in [0.15, 0.2) is 0 Å². The van der Waals surface area contributed by atoms with Crippen LogP contribution in [0, 0.1) is 0 Å². The fourth-order valence-electron chi connectivity index (χ4n) is 1.84. The van der Waals surface area contributed by atoms with Crippen molar-refractivity contribution in [2.75, 3.05) is 20.6 Å². The molecule has 2 N–H and O–H groups in total. The lowest BCUT2D eigenvalue weighted by molar-refractivity contribution is 0.414. The molecule has 0 saturated carbocycles. The third-order valence-electron chi connectivity index (χ3n) is 2.66. The number of aromatic nitrogens is 1. The van der Waals surface area contributed by atoms with Crippen molar-refractivity contribution in [1.29, 1.82) is 0 Å². The van der Waals surface area contributed by atoms with Gasteiger partial charge in [-0.25, -0.2) is 0 Å². The summed E-state index contributed by atoms with van der Waals surface area (Å²) in [5.41, 5.74) is 1.88. The van der Waals surface area contributed by atoms with E-state index in [9.17, 15) is 5.11 Å². The number of hydrogen-bond acceptors (Lipinski definition) is 2. The Labute approximate surface area is 99.6 Å². The minimum absolute atomic E-state index is 0.286. The second-order valence-corrected chi connectivity index (χ2v) is 4.55. The van der Waals surface area contributed by atoms with Gasteiger partial charge in [-0.3, -0.25) is 0 Å². The molecule has 0 amide bonds. The second-order valence-electron chi connectivity index (χ2n) is 4.17. The normalized spacial score (nSPS) is 11.5. The molecule has 86 valence electrons. The van der Waals surface area contributed by atoms with Crippen LogP contribution in [-0.4, -0.2) is 35.6 Å². The van der Waals surface area contributed by atoms with E-state index >= 15 is 0 Å². The molecule has 3 nitrogen and oxygen atoms in total. The summed E-state index contributed by atoms with van der Waals surface area (Å²) >= 11 is 6.14. The number of likely N-dealkylation sites (N-methyl/N-ethyl adjacent to an activating group) is 1. The van der Waals surface area contributed by atoms with Crippen molar-refractivity contribution in [1.82, 2.24) is 9.88 Å². The summed E-state index contributed by atoms with van der Waals surface area (Å²) in [6.07, 6.45) is 0.823. The lowest BCUT2D eigenvalue weighted by Crippen LogP contribution is -2.15. The van der Waals surface area contributed by atoms with E-state index in [-0.39, 0.29) is 5.75 Å². The topological polar surface area (TPSA) is 39.3 Å². The van der Waals surface area contributed by atoms with E-state index in [0.717, 1.165) is 29.4 Å². The smallest absolute Gasteiger partial charge is 0.125 e. The molecule has 0 aliphatic heterocycles. The molecule has 0 spiro atoms. The van der Waals surface area contributed by atoms with Crippen molar-refractivity contribution in [3.05, 3.63) is 28.9 Å². The van der Waals surface area contributed by atoms with Crippen LogP contribution in [0.1, 0.15) is 5.56 Å². The van der Waals surface area contributed by atoms with Crippen LogP contribution in [0.3, 0.4) is 0 Å². The van der Waals surface area contributed by atoms with Crippen LogP contribution in [0.25, 0.3) is 10.9 Å². The highest BCUT2D eigenvalue weighted by molar-refractivity contribution is 6.31. The Kier molecular flexibility index (Phi) is 3.08. The summed E-state index contributed by atoms with van der Waals surface area (Å²) in [4.78, 5) is 5.17. The number of rotatable bonds is 3. The zero-order chi connectivity index (χ0) is 11.7. The van der Waals surface area contributed by atoms with E-state index in [1.54, 1.807) is 12.1 Å². The highest BCUT2D eigenvalue weighted by atomic mass is 35.5. The van der Waals surface area contributed by atoms with Gasteiger partial charge >= 0.3 is 0 Å². The number of H-pyrrole nitrogens is 1.